The van der Waals surface area contributed by atoms with Crippen molar-refractivity contribution in [2.45, 2.75) is 52.4 Å². The minimum atomic E-state index is -4.67. The first-order chi connectivity index (χ1) is 15.2. The summed E-state index contributed by atoms with van der Waals surface area (Å²) in [6.45, 7) is 9.72. The summed E-state index contributed by atoms with van der Waals surface area (Å²) in [5, 5.41) is 4.37. The van der Waals surface area contributed by atoms with Gasteiger partial charge in [-0.3, -0.25) is 19.4 Å². The molecule has 0 aromatic carbocycles. The number of allylic oxidation sites excluding steroid dienone is 5. The summed E-state index contributed by atoms with van der Waals surface area (Å²) >= 11 is 5.80. The number of halogens is 4. The van der Waals surface area contributed by atoms with Gasteiger partial charge < -0.3 is 15.5 Å². The van der Waals surface area contributed by atoms with E-state index in [0.717, 1.165) is 38.6 Å². The van der Waals surface area contributed by atoms with Gasteiger partial charge in [0.05, 0.1) is 5.03 Å². The molecule has 1 unspecified atom stereocenters. The van der Waals surface area contributed by atoms with Gasteiger partial charge in [-0.05, 0) is 58.3 Å². The van der Waals surface area contributed by atoms with Crippen molar-refractivity contribution in [3.05, 3.63) is 46.4 Å². The Morgan fingerprint density at radius 3 is 2.33 bits per heavy atom. The zero-order chi connectivity index (χ0) is 25.6. The number of carbonyl (C=O) groups excluding carboxylic acids is 3. The van der Waals surface area contributed by atoms with Crippen molar-refractivity contribution >= 4 is 35.9 Å². The minimum Gasteiger partial charge on any atom is -0.339 e. The summed E-state index contributed by atoms with van der Waals surface area (Å²) in [6, 6.07) is 0. The number of amides is 2. The fraction of sp³-hybridized carbons (Fsp3) is 0.455. The highest BCUT2D eigenvalue weighted by molar-refractivity contribution is 6.33. The van der Waals surface area contributed by atoms with Gasteiger partial charge in [0.1, 0.15) is 12.0 Å². The van der Waals surface area contributed by atoms with Gasteiger partial charge in [0.15, 0.2) is 0 Å². The summed E-state index contributed by atoms with van der Waals surface area (Å²) in [6.07, 6.45) is 2.45. The van der Waals surface area contributed by atoms with Gasteiger partial charge in [-0.2, -0.15) is 13.2 Å². The number of rotatable bonds is 6. The monoisotopic (exact) mass is 488 g/mol. The highest BCUT2D eigenvalue weighted by atomic mass is 35.5. The Hall–Kier alpha value is -2.88. The summed E-state index contributed by atoms with van der Waals surface area (Å²) in [4.78, 5) is 38.2. The van der Waals surface area contributed by atoms with E-state index in [-0.39, 0.29) is 28.1 Å². The van der Waals surface area contributed by atoms with Crippen LogP contribution in [0.1, 0.15) is 40.5 Å². The van der Waals surface area contributed by atoms with E-state index in [0.29, 0.717) is 16.9 Å². The average Bonchev–Trinajstić information content (AvgIpc) is 3.49. The molecule has 33 heavy (non-hydrogen) atoms. The number of carbonyl (C=O) groups is 3. The maximum absolute atomic E-state index is 12.9. The van der Waals surface area contributed by atoms with Gasteiger partial charge in [0, 0.05) is 30.6 Å². The lowest BCUT2D eigenvalue weighted by Gasteiger charge is -2.34. The van der Waals surface area contributed by atoms with Crippen LogP contribution < -0.4 is 10.6 Å². The maximum Gasteiger partial charge on any atom is 0.430 e. The molecule has 0 spiro atoms. The van der Waals surface area contributed by atoms with Crippen LogP contribution in [0.4, 0.5) is 13.2 Å². The summed E-state index contributed by atoms with van der Waals surface area (Å²) in [5.74, 6) is -0.642. The number of hydrogen-bond donors (Lipinski definition) is 2. The second kappa shape index (κ2) is 11.3. The van der Waals surface area contributed by atoms with E-state index in [9.17, 15) is 27.6 Å². The Morgan fingerprint density at radius 2 is 1.91 bits per heavy atom. The first-order valence-electron chi connectivity index (χ1n) is 10.0. The Balaban J connectivity index is 0.000000346. The molecule has 0 radical (unpaired) electrons. The van der Waals surface area contributed by atoms with E-state index in [1.165, 1.54) is 6.92 Å². The van der Waals surface area contributed by atoms with E-state index in [1.807, 2.05) is 19.2 Å². The number of nitrogens with zero attached hydrogens (tertiary/aromatic N) is 2. The number of aldehydes is 1. The molecule has 1 saturated carbocycles. The van der Waals surface area contributed by atoms with Crippen LogP contribution in [-0.4, -0.2) is 48.1 Å². The highest BCUT2D eigenvalue weighted by Gasteiger charge is 2.60. The van der Waals surface area contributed by atoms with Crippen LogP contribution in [0.3, 0.4) is 0 Å². The fourth-order valence-electron chi connectivity index (χ4n) is 2.71. The van der Waals surface area contributed by atoms with Crippen molar-refractivity contribution in [3.63, 3.8) is 0 Å². The molecular formula is C22H28ClF3N4O3. The lowest BCUT2D eigenvalue weighted by atomic mass is 10.2. The smallest absolute Gasteiger partial charge is 0.339 e. The lowest BCUT2D eigenvalue weighted by molar-refractivity contribution is -0.218. The molecule has 0 aromatic heterocycles. The third-order valence-corrected chi connectivity index (χ3v) is 5.13. The van der Waals surface area contributed by atoms with Crippen LogP contribution in [0, 0.1) is 5.92 Å². The third-order valence-electron chi connectivity index (χ3n) is 4.84. The zero-order valence-electron chi connectivity index (χ0n) is 19.1. The fourth-order valence-corrected chi connectivity index (χ4v) is 3.09. The van der Waals surface area contributed by atoms with Crippen LogP contribution in [0.25, 0.3) is 0 Å². The van der Waals surface area contributed by atoms with Crippen molar-refractivity contribution in [2.24, 2.45) is 10.9 Å². The average molecular weight is 489 g/mol. The predicted molar refractivity (Wildman–Crippen MR) is 121 cm³/mol. The molecule has 1 aliphatic carbocycles. The number of aliphatic imine (C=N–C) groups is 1. The van der Waals surface area contributed by atoms with E-state index < -0.39 is 17.7 Å². The van der Waals surface area contributed by atoms with E-state index in [2.05, 4.69) is 16.9 Å². The summed E-state index contributed by atoms with van der Waals surface area (Å²) in [5.41, 5.74) is -1.21. The first-order valence-corrected chi connectivity index (χ1v) is 10.4. The molecule has 7 nitrogen and oxygen atoms in total. The topological polar surface area (TPSA) is 90.9 Å². The number of likely N-dealkylation sites (N-methyl/N-ethyl adjacent to an activating group) is 1. The molecule has 1 saturated heterocycles. The van der Waals surface area contributed by atoms with Crippen molar-refractivity contribution in [1.82, 2.24) is 15.5 Å². The molecular weight excluding hydrogens is 461 g/mol. The molecule has 0 bridgehead atoms. The van der Waals surface area contributed by atoms with E-state index >= 15 is 0 Å². The lowest BCUT2D eigenvalue weighted by Crippen LogP contribution is -2.58. The first kappa shape index (κ1) is 28.2. The summed E-state index contributed by atoms with van der Waals surface area (Å²) < 4.78 is 38.8. The Bertz CT molecular complexity index is 934. The van der Waals surface area contributed by atoms with Gasteiger partial charge in [0.25, 0.3) is 5.91 Å². The standard InChI is InChI=1S/C11H12ClF3N2O2.C11H16N2O/c1-6(5-18)4-7(12)8-9(19)16-10(2,17(8)3)11(13,14)15;1-4-12-8(2)7-9(3)13-11(14)10-5-6-10/h4-5H,1-3H3,(H,16,19);4,7,10H,3,5-6H2,1-2H3,(H,13,14)/b6-4-,8-7+;8-7-,12-4?. The molecule has 0 aromatic rings. The van der Waals surface area contributed by atoms with Crippen LogP contribution in [-0.2, 0) is 14.4 Å². The minimum absolute atomic E-state index is 0.0829. The van der Waals surface area contributed by atoms with Gasteiger partial charge in [-0.25, -0.2) is 0 Å². The summed E-state index contributed by atoms with van der Waals surface area (Å²) in [7, 11) is 1.10. The van der Waals surface area contributed by atoms with E-state index in [1.54, 1.807) is 12.3 Å². The van der Waals surface area contributed by atoms with Crippen molar-refractivity contribution in [3.8, 4) is 0 Å². The Morgan fingerprint density at radius 1 is 1.33 bits per heavy atom. The third kappa shape index (κ3) is 7.59. The number of alkyl halides is 3. The Kier molecular flexibility index (Phi) is 9.65. The number of nitrogens with one attached hydrogen (secondary N) is 2. The number of hydrogen-bond acceptors (Lipinski definition) is 5. The molecule has 1 atom stereocenters. The van der Waals surface area contributed by atoms with Crippen molar-refractivity contribution < 1.29 is 27.6 Å². The largest absolute Gasteiger partial charge is 0.430 e. The molecule has 2 aliphatic rings. The molecule has 2 amide bonds. The molecule has 1 aliphatic heterocycles. The van der Waals surface area contributed by atoms with Crippen molar-refractivity contribution in [2.75, 3.05) is 7.05 Å². The second-order valence-electron chi connectivity index (χ2n) is 7.75. The molecule has 182 valence electrons. The van der Waals surface area contributed by atoms with Crippen LogP contribution in [0.15, 0.2) is 51.4 Å². The van der Waals surface area contributed by atoms with Gasteiger partial charge in [0.2, 0.25) is 11.6 Å². The van der Waals surface area contributed by atoms with Crippen LogP contribution >= 0.6 is 11.6 Å². The predicted octanol–water partition coefficient (Wildman–Crippen LogP) is 3.94. The SMILES string of the molecule is C/C(C=O)=C/C(Cl)=C1/C(=O)NC(C)(C(F)(F)F)N1C.C=C(/C=C(/C)N=CC)NC(=O)C1CC1. The van der Waals surface area contributed by atoms with Gasteiger partial charge in [-0.1, -0.05) is 18.2 Å². The Labute approximate surface area is 196 Å². The van der Waals surface area contributed by atoms with Crippen LogP contribution in [0.2, 0.25) is 0 Å². The molecule has 2 N–H and O–H groups in total. The maximum atomic E-state index is 12.9. The zero-order valence-corrected chi connectivity index (χ0v) is 19.9. The second-order valence-corrected chi connectivity index (χ2v) is 8.15. The molecule has 11 heteroatoms. The molecule has 2 fully saturated rings. The van der Waals surface area contributed by atoms with E-state index in [4.69, 9.17) is 11.6 Å². The molecule has 2 rings (SSSR count). The highest BCUT2D eigenvalue weighted by Crippen LogP contribution is 2.39. The normalized spacial score (nSPS) is 23.1. The van der Waals surface area contributed by atoms with Gasteiger partial charge in [-0.15, -0.1) is 0 Å². The van der Waals surface area contributed by atoms with Crippen molar-refractivity contribution in [1.29, 1.82) is 0 Å². The van der Waals surface area contributed by atoms with Gasteiger partial charge >= 0.3 is 6.18 Å². The van der Waals surface area contributed by atoms with Crippen LogP contribution in [0.5, 0.6) is 0 Å². The quantitative estimate of drug-likeness (QED) is 0.256. The molecule has 1 heterocycles.